The first-order valence-electron chi connectivity index (χ1n) is 13.9. The summed E-state index contributed by atoms with van der Waals surface area (Å²) in [7, 11) is 0. The molecule has 1 aliphatic rings. The number of hydrogen-bond donors (Lipinski definition) is 0. The van der Waals surface area contributed by atoms with Crippen molar-refractivity contribution in [1.29, 1.82) is 0 Å². The Labute approximate surface area is 300 Å². The van der Waals surface area contributed by atoms with Crippen LogP contribution in [0.5, 0.6) is 0 Å². The fourth-order valence-corrected chi connectivity index (χ4v) is 6.39. The van der Waals surface area contributed by atoms with Gasteiger partial charge in [-0.05, 0) is 59.0 Å². The van der Waals surface area contributed by atoms with Gasteiger partial charge in [-0.2, -0.15) is 5.01 Å². The number of carbonyl (C=O) groups is 2. The Bertz CT molecular complexity index is 1990. The van der Waals surface area contributed by atoms with Crippen LogP contribution in [-0.4, -0.2) is 51.8 Å². The van der Waals surface area contributed by atoms with Crippen LogP contribution in [0.25, 0.3) is 10.8 Å². The van der Waals surface area contributed by atoms with E-state index in [2.05, 4.69) is 36.6 Å². The van der Waals surface area contributed by atoms with Gasteiger partial charge in [-0.1, -0.05) is 86.0 Å². The molecule has 2 aromatic heterocycles. The Hall–Kier alpha value is -3.84. The third kappa shape index (κ3) is 7.20. The quantitative estimate of drug-likeness (QED) is 0.143. The first-order valence-corrected chi connectivity index (χ1v) is 15.5. The lowest BCUT2D eigenvalue weighted by Gasteiger charge is -2.35. The largest absolute Gasteiger partial charge is 0.276 e. The maximum absolute atomic E-state index is 14.0. The number of rotatable bonds is 9. The number of amides is 2. The molecule has 0 saturated carbocycles. The molecule has 3 heterocycles. The first-order chi connectivity index (χ1) is 21.8. The highest BCUT2D eigenvalue weighted by Gasteiger charge is 2.38. The van der Waals surface area contributed by atoms with E-state index in [0.29, 0.717) is 51.0 Å². The molecular formula is C32H25BrCl4N8O2. The number of halogens is 5. The highest BCUT2D eigenvalue weighted by Crippen LogP contribution is 2.35. The minimum Gasteiger partial charge on any atom is -0.267 e. The Morgan fingerprint density at radius 2 is 1.19 bits per heavy atom. The molecule has 0 N–H and O–H groups in total. The standard InChI is InChI=1S/C32H23BrCl2N8O2.2ClH/c33-29-11-10-28-30-26(29)8-3-9-27(30)31(44)43(32(28)45)42(18-24-16-40(38-36-24)14-20-4-1-6-22(34)12-20)19-25-17-41(39-37-25)15-21-5-2-7-23(35)13-21;;/h1-13,16-17H,14-15,18-19H2;2*1H. The number of hydrazine groups is 1. The molecule has 0 aliphatic carbocycles. The van der Waals surface area contributed by atoms with Crippen LogP contribution in [0.15, 0.2) is 95.7 Å². The maximum atomic E-state index is 14.0. The number of benzene rings is 4. The number of nitrogens with zero attached hydrogens (tertiary/aromatic N) is 8. The molecule has 0 saturated heterocycles. The molecule has 4 aromatic carbocycles. The molecule has 240 valence electrons. The van der Waals surface area contributed by atoms with Crippen LogP contribution >= 0.6 is 63.9 Å². The van der Waals surface area contributed by atoms with Crippen molar-refractivity contribution in [1.82, 2.24) is 40.0 Å². The molecular weight excluding hydrogens is 750 g/mol. The fourth-order valence-electron chi connectivity index (χ4n) is 5.50. The van der Waals surface area contributed by atoms with Crippen molar-refractivity contribution < 1.29 is 9.59 Å². The van der Waals surface area contributed by atoms with Gasteiger partial charge in [-0.15, -0.1) is 35.0 Å². The summed E-state index contributed by atoms with van der Waals surface area (Å²) in [6, 6.07) is 24.0. The Balaban J connectivity index is 0.00000217. The molecule has 0 spiro atoms. The lowest BCUT2D eigenvalue weighted by atomic mass is 9.95. The number of imide groups is 1. The molecule has 0 atom stereocenters. The van der Waals surface area contributed by atoms with Gasteiger partial charge in [0.25, 0.3) is 11.8 Å². The van der Waals surface area contributed by atoms with Crippen LogP contribution in [0.1, 0.15) is 43.2 Å². The summed E-state index contributed by atoms with van der Waals surface area (Å²) >= 11 is 15.9. The summed E-state index contributed by atoms with van der Waals surface area (Å²) in [5.41, 5.74) is 3.91. The summed E-state index contributed by atoms with van der Waals surface area (Å²) in [5.74, 6) is -0.873. The molecule has 0 unspecified atom stereocenters. The van der Waals surface area contributed by atoms with E-state index < -0.39 is 11.8 Å². The second-order valence-corrected chi connectivity index (χ2v) is 12.4. The average Bonchev–Trinajstić information content (AvgIpc) is 3.65. The number of carbonyl (C=O) groups excluding carboxylic acids is 2. The predicted molar refractivity (Wildman–Crippen MR) is 187 cm³/mol. The summed E-state index contributed by atoms with van der Waals surface area (Å²) < 4.78 is 4.18. The van der Waals surface area contributed by atoms with Crippen molar-refractivity contribution in [3.05, 3.63) is 139 Å². The topological polar surface area (TPSA) is 102 Å². The Kier molecular flexibility index (Phi) is 10.6. The molecule has 0 radical (unpaired) electrons. The zero-order valence-corrected chi connectivity index (χ0v) is 29.1. The van der Waals surface area contributed by atoms with Gasteiger partial charge in [0.15, 0.2) is 0 Å². The van der Waals surface area contributed by atoms with E-state index in [-0.39, 0.29) is 37.9 Å². The minimum absolute atomic E-state index is 0. The lowest BCUT2D eigenvalue weighted by molar-refractivity contribution is -0.0130. The lowest BCUT2D eigenvalue weighted by Crippen LogP contribution is -2.51. The van der Waals surface area contributed by atoms with Gasteiger partial charge < -0.3 is 0 Å². The Morgan fingerprint density at radius 3 is 1.72 bits per heavy atom. The molecule has 1 aliphatic heterocycles. The summed E-state index contributed by atoms with van der Waals surface area (Å²) in [6.45, 7) is 1.13. The normalized spacial score (nSPS) is 12.4. The molecule has 47 heavy (non-hydrogen) atoms. The van der Waals surface area contributed by atoms with Gasteiger partial charge in [0.2, 0.25) is 0 Å². The van der Waals surface area contributed by atoms with E-state index in [0.717, 1.165) is 21.0 Å². The fraction of sp³-hybridized carbons (Fsp3) is 0.125. The van der Waals surface area contributed by atoms with Crippen molar-refractivity contribution >= 4 is 86.5 Å². The van der Waals surface area contributed by atoms with Crippen molar-refractivity contribution in [2.75, 3.05) is 0 Å². The molecule has 6 aromatic rings. The zero-order chi connectivity index (χ0) is 31.1. The van der Waals surface area contributed by atoms with Crippen molar-refractivity contribution in [3.63, 3.8) is 0 Å². The van der Waals surface area contributed by atoms with Crippen LogP contribution in [0, 0.1) is 0 Å². The SMILES string of the molecule is Cl.Cl.O=C1c2cccc3c(Br)ccc(c23)C(=O)N1N(Cc1cn(Cc2cccc(Cl)c2)nn1)Cc1cn(Cc2cccc(Cl)c2)nn1. The van der Waals surface area contributed by atoms with Crippen LogP contribution in [-0.2, 0) is 26.2 Å². The van der Waals surface area contributed by atoms with Gasteiger partial charge in [0, 0.05) is 19.9 Å². The van der Waals surface area contributed by atoms with Gasteiger partial charge in [0.1, 0.15) is 0 Å². The minimum atomic E-state index is -0.436. The second-order valence-electron chi connectivity index (χ2n) is 10.6. The van der Waals surface area contributed by atoms with Gasteiger partial charge in [-0.25, -0.2) is 14.4 Å². The monoisotopic (exact) mass is 772 g/mol. The second kappa shape index (κ2) is 14.5. The van der Waals surface area contributed by atoms with Gasteiger partial charge in [0.05, 0.1) is 61.1 Å². The summed E-state index contributed by atoms with van der Waals surface area (Å²) in [6.07, 6.45) is 3.57. The van der Waals surface area contributed by atoms with E-state index in [9.17, 15) is 9.59 Å². The van der Waals surface area contributed by atoms with Gasteiger partial charge in [-0.3, -0.25) is 9.59 Å². The van der Waals surface area contributed by atoms with Gasteiger partial charge >= 0.3 is 0 Å². The highest BCUT2D eigenvalue weighted by atomic mass is 79.9. The molecule has 2 amide bonds. The summed E-state index contributed by atoms with van der Waals surface area (Å²) in [4.78, 5) is 28.1. The zero-order valence-electron chi connectivity index (χ0n) is 24.3. The van der Waals surface area contributed by atoms with E-state index in [1.165, 1.54) is 5.01 Å². The average molecular weight is 775 g/mol. The van der Waals surface area contributed by atoms with Crippen molar-refractivity contribution in [2.24, 2.45) is 0 Å². The molecule has 15 heteroatoms. The van der Waals surface area contributed by atoms with Crippen LogP contribution in [0.4, 0.5) is 0 Å². The maximum Gasteiger partial charge on any atom is 0.276 e. The molecule has 0 fully saturated rings. The van der Waals surface area contributed by atoms with Crippen molar-refractivity contribution in [3.8, 4) is 0 Å². The number of aromatic nitrogens is 6. The van der Waals surface area contributed by atoms with E-state index in [1.54, 1.807) is 38.9 Å². The van der Waals surface area contributed by atoms with Crippen LogP contribution in [0.3, 0.4) is 0 Å². The first kappa shape index (κ1) is 34.5. The third-order valence-corrected chi connectivity index (χ3v) is 8.61. The molecule has 10 nitrogen and oxygen atoms in total. The predicted octanol–water partition coefficient (Wildman–Crippen LogP) is 7.25. The molecule has 7 rings (SSSR count). The van der Waals surface area contributed by atoms with E-state index >= 15 is 0 Å². The van der Waals surface area contributed by atoms with E-state index in [4.69, 9.17) is 23.2 Å². The third-order valence-electron chi connectivity index (χ3n) is 7.44. The van der Waals surface area contributed by atoms with Crippen LogP contribution in [0.2, 0.25) is 10.0 Å². The summed E-state index contributed by atoms with van der Waals surface area (Å²) in [5, 5.41) is 22.8. The number of hydrogen-bond acceptors (Lipinski definition) is 7. The molecule has 0 bridgehead atoms. The smallest absolute Gasteiger partial charge is 0.267 e. The van der Waals surface area contributed by atoms with Crippen molar-refractivity contribution in [2.45, 2.75) is 26.2 Å². The van der Waals surface area contributed by atoms with E-state index in [1.807, 2.05) is 66.7 Å². The Morgan fingerprint density at radius 1 is 0.681 bits per heavy atom. The highest BCUT2D eigenvalue weighted by molar-refractivity contribution is 9.10. The van der Waals surface area contributed by atoms with Crippen LogP contribution < -0.4 is 0 Å².